The molecule has 0 aliphatic carbocycles. The van der Waals surface area contributed by atoms with E-state index in [1.54, 1.807) is 42.5 Å². The minimum absolute atomic E-state index is 0.0438. The molecule has 0 heterocycles. The van der Waals surface area contributed by atoms with E-state index in [-0.39, 0.29) is 21.3 Å². The Morgan fingerprint density at radius 1 is 0.595 bits per heavy atom. The lowest BCUT2D eigenvalue weighted by Crippen LogP contribution is -2.18. The van der Waals surface area contributed by atoms with Crippen LogP contribution in [-0.2, 0) is 20.0 Å². The predicted octanol–water partition coefficient (Wildman–Crippen LogP) is 4.99. The van der Waals surface area contributed by atoms with Gasteiger partial charge in [0.2, 0.25) is 0 Å². The van der Waals surface area contributed by atoms with Gasteiger partial charge < -0.3 is 10.2 Å². The lowest BCUT2D eigenvalue weighted by Gasteiger charge is -2.04. The molecule has 0 aromatic heterocycles. The molecule has 0 saturated carbocycles. The monoisotopic (exact) mass is 628 g/mol. The molecule has 13 heteroatoms. The van der Waals surface area contributed by atoms with Crippen LogP contribution in [0.3, 0.4) is 0 Å². The normalized spacial score (nSPS) is 11.7. The van der Waals surface area contributed by atoms with E-state index in [0.29, 0.717) is 16.1 Å². The van der Waals surface area contributed by atoms with Crippen molar-refractivity contribution in [2.24, 2.45) is 10.2 Å². The van der Waals surface area contributed by atoms with E-state index < -0.39 is 20.0 Å². The van der Waals surface area contributed by atoms with Gasteiger partial charge in [0, 0.05) is 16.1 Å². The van der Waals surface area contributed by atoms with Crippen LogP contribution in [0.1, 0.15) is 27.8 Å². The number of hydrazone groups is 2. The van der Waals surface area contributed by atoms with Crippen molar-refractivity contribution in [2.45, 2.75) is 30.6 Å². The van der Waals surface area contributed by atoms with Crippen LogP contribution >= 0.6 is 11.6 Å². The molecular weight excluding hydrogens is 600 g/mol. The number of sulfonamides is 2. The predicted molar refractivity (Wildman–Crippen MR) is 164 cm³/mol. The highest BCUT2D eigenvalue weighted by Crippen LogP contribution is 2.20. The number of phenolic OH excluding ortho intramolecular Hbond substituents is 2. The van der Waals surface area contributed by atoms with E-state index in [4.69, 9.17) is 11.6 Å². The standard InChI is InChI=1S/C15H16N2O3S.C14H13ClN2O3S/c1-11-4-7-14(8-5-11)21(19,20)17-16-10-13-6-3-12(2)9-15(13)18;1-10-2-5-13(6-3-10)21(19,20)17-16-9-11-8-12(15)4-7-14(11)18/h3-10,17-18H,1-2H3;2-9,17-18H,1H3/b16-10+;16-9+. The molecule has 4 aromatic rings. The Hall–Kier alpha value is -4.39. The molecule has 10 nitrogen and oxygen atoms in total. The molecule has 4 N–H and O–H groups in total. The van der Waals surface area contributed by atoms with E-state index in [0.717, 1.165) is 16.7 Å². The molecule has 0 amide bonds. The zero-order valence-corrected chi connectivity index (χ0v) is 25.2. The third-order valence-electron chi connectivity index (χ3n) is 5.59. The van der Waals surface area contributed by atoms with Gasteiger partial charge in [-0.1, -0.05) is 53.1 Å². The quantitative estimate of drug-likeness (QED) is 0.159. The first-order valence-corrected chi connectivity index (χ1v) is 15.6. The van der Waals surface area contributed by atoms with Gasteiger partial charge >= 0.3 is 0 Å². The van der Waals surface area contributed by atoms with Gasteiger partial charge in [-0.05, 0) is 80.9 Å². The summed E-state index contributed by atoms with van der Waals surface area (Å²) in [5.41, 5.74) is 3.59. The van der Waals surface area contributed by atoms with Crippen LogP contribution in [-0.4, -0.2) is 39.5 Å². The first kappa shape index (κ1) is 32.1. The fourth-order valence-corrected chi connectivity index (χ4v) is 5.03. The maximum absolute atomic E-state index is 12.0. The third kappa shape index (κ3) is 9.33. The van der Waals surface area contributed by atoms with Crippen LogP contribution in [0.5, 0.6) is 11.5 Å². The molecule has 220 valence electrons. The summed E-state index contributed by atoms with van der Waals surface area (Å²) in [7, 11) is -7.43. The summed E-state index contributed by atoms with van der Waals surface area (Å²) >= 11 is 5.78. The summed E-state index contributed by atoms with van der Waals surface area (Å²) < 4.78 is 47.9. The van der Waals surface area contributed by atoms with Crippen LogP contribution in [0.25, 0.3) is 0 Å². The third-order valence-corrected chi connectivity index (χ3v) is 8.30. The Morgan fingerprint density at radius 3 is 1.52 bits per heavy atom. The van der Waals surface area contributed by atoms with Crippen molar-refractivity contribution < 1.29 is 27.0 Å². The first-order valence-electron chi connectivity index (χ1n) is 12.3. The summed E-state index contributed by atoms with van der Waals surface area (Å²) in [6.07, 6.45) is 2.45. The summed E-state index contributed by atoms with van der Waals surface area (Å²) in [5.74, 6) is 0.00553. The molecule has 42 heavy (non-hydrogen) atoms. The Kier molecular flexibility index (Phi) is 10.7. The molecule has 4 rings (SSSR count). The molecule has 0 fully saturated rings. The first-order chi connectivity index (χ1) is 19.8. The zero-order valence-electron chi connectivity index (χ0n) is 22.9. The van der Waals surface area contributed by atoms with Crippen LogP contribution < -0.4 is 9.66 Å². The number of aryl methyl sites for hydroxylation is 3. The van der Waals surface area contributed by atoms with Crippen molar-refractivity contribution in [1.82, 2.24) is 9.66 Å². The number of nitrogens with zero attached hydrogens (tertiary/aromatic N) is 2. The van der Waals surface area contributed by atoms with Crippen LogP contribution in [0.4, 0.5) is 0 Å². The molecule has 0 saturated heterocycles. The van der Waals surface area contributed by atoms with Gasteiger partial charge in [0.1, 0.15) is 11.5 Å². The Bertz CT molecular complexity index is 1810. The zero-order chi connectivity index (χ0) is 30.9. The van der Waals surface area contributed by atoms with Crippen LogP contribution in [0.15, 0.2) is 105 Å². The number of nitrogens with one attached hydrogen (secondary N) is 2. The van der Waals surface area contributed by atoms with Crippen molar-refractivity contribution in [3.05, 3.63) is 118 Å². The molecule has 0 bridgehead atoms. The number of phenols is 2. The average Bonchev–Trinajstić information content (AvgIpc) is 2.92. The number of aromatic hydroxyl groups is 2. The van der Waals surface area contributed by atoms with Crippen LogP contribution in [0, 0.1) is 20.8 Å². The number of hydrogen-bond donors (Lipinski definition) is 4. The lowest BCUT2D eigenvalue weighted by atomic mass is 10.1. The van der Waals surface area contributed by atoms with E-state index in [1.165, 1.54) is 54.9 Å². The van der Waals surface area contributed by atoms with Crippen molar-refractivity contribution in [3.63, 3.8) is 0 Å². The fourth-order valence-electron chi connectivity index (χ4n) is 3.26. The molecular formula is C29H29ClN4O6S2. The van der Waals surface area contributed by atoms with Gasteiger partial charge in [-0.2, -0.15) is 27.0 Å². The number of halogens is 1. The molecule has 0 spiro atoms. The SMILES string of the molecule is Cc1ccc(S(=O)(=O)N/N=C/c2cc(Cl)ccc2O)cc1.Cc1ccc(S(=O)(=O)N/N=C/c2ccc(C)cc2O)cc1. The molecule has 4 aromatic carbocycles. The topological polar surface area (TPSA) is 158 Å². The van der Waals surface area contributed by atoms with Crippen molar-refractivity contribution >= 4 is 44.1 Å². The second-order valence-corrected chi connectivity index (χ2v) is 12.9. The van der Waals surface area contributed by atoms with Crippen molar-refractivity contribution in [1.29, 1.82) is 0 Å². The highest BCUT2D eigenvalue weighted by Gasteiger charge is 2.13. The van der Waals surface area contributed by atoms with Gasteiger partial charge in [-0.25, -0.2) is 9.66 Å². The van der Waals surface area contributed by atoms with Gasteiger partial charge in [0.05, 0.1) is 22.2 Å². The van der Waals surface area contributed by atoms with Gasteiger partial charge in [0.15, 0.2) is 0 Å². The smallest absolute Gasteiger partial charge is 0.276 e. The molecule has 0 unspecified atom stereocenters. The Morgan fingerprint density at radius 2 is 1.05 bits per heavy atom. The highest BCUT2D eigenvalue weighted by molar-refractivity contribution is 7.89. The average molecular weight is 629 g/mol. The van der Waals surface area contributed by atoms with Gasteiger partial charge in [-0.3, -0.25) is 0 Å². The summed E-state index contributed by atoms with van der Waals surface area (Å²) in [4.78, 5) is 4.44. The van der Waals surface area contributed by atoms with E-state index in [9.17, 15) is 27.0 Å². The summed E-state index contributed by atoms with van der Waals surface area (Å²) in [6.45, 7) is 5.59. The number of benzene rings is 4. The number of rotatable bonds is 8. The number of hydrogen-bond acceptors (Lipinski definition) is 8. The fraction of sp³-hybridized carbons (Fsp3) is 0.103. The van der Waals surface area contributed by atoms with E-state index in [1.807, 2.05) is 20.8 Å². The van der Waals surface area contributed by atoms with Gasteiger partial charge in [-0.15, -0.1) is 0 Å². The van der Waals surface area contributed by atoms with E-state index in [2.05, 4.69) is 19.9 Å². The summed E-state index contributed by atoms with van der Waals surface area (Å²) in [5, 5.41) is 27.0. The maximum Gasteiger partial charge on any atom is 0.276 e. The molecule has 0 aliphatic heterocycles. The van der Waals surface area contributed by atoms with E-state index >= 15 is 0 Å². The lowest BCUT2D eigenvalue weighted by molar-refractivity contribution is 0.473. The minimum atomic E-state index is -3.73. The molecule has 0 atom stereocenters. The summed E-state index contributed by atoms with van der Waals surface area (Å²) in [6, 6.07) is 22.3. The maximum atomic E-state index is 12.0. The Labute approximate surface area is 250 Å². The van der Waals surface area contributed by atoms with Crippen molar-refractivity contribution in [3.8, 4) is 11.5 Å². The second kappa shape index (κ2) is 14.0. The minimum Gasteiger partial charge on any atom is -0.507 e. The molecule has 0 radical (unpaired) electrons. The van der Waals surface area contributed by atoms with Crippen LogP contribution in [0.2, 0.25) is 5.02 Å². The molecule has 0 aliphatic rings. The highest BCUT2D eigenvalue weighted by atomic mass is 35.5. The second-order valence-electron chi connectivity index (χ2n) is 9.10. The van der Waals surface area contributed by atoms with Crippen molar-refractivity contribution in [2.75, 3.05) is 0 Å². The largest absolute Gasteiger partial charge is 0.507 e. The Balaban J connectivity index is 0.000000230. The van der Waals surface area contributed by atoms with Gasteiger partial charge in [0.25, 0.3) is 20.0 Å².